The first-order valence-corrected chi connectivity index (χ1v) is 9.22. The molecular weight excluding hydrogens is 340 g/mol. The zero-order chi connectivity index (χ0) is 14.8. The molecule has 2 unspecified atom stereocenters. The molecule has 0 aromatic heterocycles. The van der Waals surface area contributed by atoms with E-state index in [0.717, 1.165) is 22.9 Å². The molecule has 2 N–H and O–H groups in total. The Morgan fingerprint density at radius 1 is 1.35 bits per heavy atom. The number of rotatable bonds is 7. The zero-order valence-corrected chi connectivity index (χ0v) is 14.2. The molecule has 1 aromatic rings. The van der Waals surface area contributed by atoms with E-state index < -0.39 is 15.3 Å². The molecule has 0 aliphatic heterocycles. The average Bonchev–Trinajstić information content (AvgIpc) is 3.19. The van der Waals surface area contributed by atoms with E-state index in [2.05, 4.69) is 26.0 Å². The second kappa shape index (κ2) is 6.56. The van der Waals surface area contributed by atoms with E-state index in [0.29, 0.717) is 12.6 Å². The molecule has 1 aliphatic rings. The van der Waals surface area contributed by atoms with Crippen molar-refractivity contribution in [2.24, 2.45) is 0 Å². The van der Waals surface area contributed by atoms with Crippen molar-refractivity contribution >= 4 is 26.0 Å². The van der Waals surface area contributed by atoms with Crippen molar-refractivity contribution in [3.63, 3.8) is 0 Å². The van der Waals surface area contributed by atoms with E-state index in [4.69, 9.17) is 0 Å². The quantitative estimate of drug-likeness (QED) is 0.785. The summed E-state index contributed by atoms with van der Waals surface area (Å²) in [6.07, 6.45) is 2.32. The summed E-state index contributed by atoms with van der Waals surface area (Å²) >= 11 is 3.40. The summed E-state index contributed by atoms with van der Waals surface area (Å²) in [6.45, 7) is 4.11. The lowest BCUT2D eigenvalue weighted by molar-refractivity contribution is 0.544. The van der Waals surface area contributed by atoms with Gasteiger partial charge in [0, 0.05) is 23.1 Å². The molecule has 1 saturated carbocycles. The number of nitrogens with one attached hydrogen (secondary N) is 2. The van der Waals surface area contributed by atoms with Crippen LogP contribution in [0.3, 0.4) is 0 Å². The van der Waals surface area contributed by atoms with Crippen molar-refractivity contribution in [3.05, 3.63) is 34.3 Å². The van der Waals surface area contributed by atoms with Gasteiger partial charge in [0.25, 0.3) is 0 Å². The van der Waals surface area contributed by atoms with Gasteiger partial charge in [-0.05, 0) is 44.4 Å². The minimum absolute atomic E-state index is 0.235. The standard InChI is InChI=1S/C14H21BrN2O2S/c1-10(9-16-14-6-7-14)20(18,19)17-11(2)12-4-3-5-13(15)8-12/h3-5,8,10-11,14,16-17H,6-7,9H2,1-2H3. The summed E-state index contributed by atoms with van der Waals surface area (Å²) in [6, 6.07) is 7.97. The summed E-state index contributed by atoms with van der Waals surface area (Å²) in [5.41, 5.74) is 0.949. The lowest BCUT2D eigenvalue weighted by Crippen LogP contribution is -2.40. The molecule has 6 heteroatoms. The molecule has 0 radical (unpaired) electrons. The monoisotopic (exact) mass is 360 g/mol. The molecule has 2 rings (SSSR count). The van der Waals surface area contributed by atoms with Crippen molar-refractivity contribution in [3.8, 4) is 0 Å². The molecule has 0 bridgehead atoms. The van der Waals surface area contributed by atoms with Gasteiger partial charge in [-0.25, -0.2) is 13.1 Å². The first-order chi connectivity index (χ1) is 9.38. The largest absolute Gasteiger partial charge is 0.313 e. The Morgan fingerprint density at radius 2 is 2.05 bits per heavy atom. The molecule has 0 amide bonds. The van der Waals surface area contributed by atoms with Crippen LogP contribution in [0.2, 0.25) is 0 Å². The second-order valence-corrected chi connectivity index (χ2v) is 8.48. The maximum Gasteiger partial charge on any atom is 0.216 e. The van der Waals surface area contributed by atoms with E-state index in [-0.39, 0.29) is 6.04 Å². The molecular formula is C14H21BrN2O2S. The Hall–Kier alpha value is -0.430. The number of hydrogen-bond donors (Lipinski definition) is 2. The topological polar surface area (TPSA) is 58.2 Å². The van der Waals surface area contributed by atoms with Gasteiger partial charge in [-0.1, -0.05) is 28.1 Å². The Morgan fingerprint density at radius 3 is 2.65 bits per heavy atom. The SMILES string of the molecule is CC(NS(=O)(=O)C(C)CNC1CC1)c1cccc(Br)c1. The summed E-state index contributed by atoms with van der Waals surface area (Å²) in [5.74, 6) is 0. The number of sulfonamides is 1. The molecule has 1 aromatic carbocycles. The summed E-state index contributed by atoms with van der Waals surface area (Å²) in [5, 5.41) is 2.83. The van der Waals surface area contributed by atoms with Gasteiger partial charge in [0.1, 0.15) is 0 Å². The fraction of sp³-hybridized carbons (Fsp3) is 0.571. The smallest absolute Gasteiger partial charge is 0.216 e. The Labute approximate surface area is 129 Å². The number of benzene rings is 1. The highest BCUT2D eigenvalue weighted by atomic mass is 79.9. The average molecular weight is 361 g/mol. The normalized spacial score (nSPS) is 18.8. The number of hydrogen-bond acceptors (Lipinski definition) is 3. The van der Waals surface area contributed by atoms with E-state index in [1.807, 2.05) is 31.2 Å². The molecule has 0 heterocycles. The molecule has 1 aliphatic carbocycles. The van der Waals surface area contributed by atoms with Gasteiger partial charge in [0.2, 0.25) is 10.0 Å². The summed E-state index contributed by atoms with van der Waals surface area (Å²) in [4.78, 5) is 0. The minimum Gasteiger partial charge on any atom is -0.313 e. The first-order valence-electron chi connectivity index (χ1n) is 6.88. The van der Waals surface area contributed by atoms with Gasteiger partial charge in [0.15, 0.2) is 0 Å². The highest BCUT2D eigenvalue weighted by Gasteiger charge is 2.26. The van der Waals surface area contributed by atoms with Crippen LogP contribution in [0, 0.1) is 0 Å². The predicted molar refractivity (Wildman–Crippen MR) is 85.1 cm³/mol. The highest BCUT2D eigenvalue weighted by Crippen LogP contribution is 2.20. The van der Waals surface area contributed by atoms with Crippen molar-refractivity contribution < 1.29 is 8.42 Å². The van der Waals surface area contributed by atoms with Gasteiger partial charge in [-0.3, -0.25) is 0 Å². The van der Waals surface area contributed by atoms with Gasteiger partial charge in [-0.15, -0.1) is 0 Å². The van der Waals surface area contributed by atoms with E-state index in [1.54, 1.807) is 6.92 Å². The second-order valence-electron chi connectivity index (χ2n) is 5.43. The maximum atomic E-state index is 12.3. The van der Waals surface area contributed by atoms with Crippen LogP contribution >= 0.6 is 15.9 Å². The minimum atomic E-state index is -3.32. The van der Waals surface area contributed by atoms with Gasteiger partial charge >= 0.3 is 0 Å². The maximum absolute atomic E-state index is 12.3. The van der Waals surface area contributed by atoms with Crippen molar-refractivity contribution in [1.29, 1.82) is 0 Å². The lowest BCUT2D eigenvalue weighted by Gasteiger charge is -2.19. The van der Waals surface area contributed by atoms with Crippen LogP contribution in [0.25, 0.3) is 0 Å². The van der Waals surface area contributed by atoms with Crippen molar-refractivity contribution in [2.75, 3.05) is 6.54 Å². The third-order valence-electron chi connectivity index (χ3n) is 3.49. The Kier molecular flexibility index (Phi) is 5.23. The van der Waals surface area contributed by atoms with Crippen molar-refractivity contribution in [2.45, 2.75) is 44.0 Å². The fourth-order valence-electron chi connectivity index (χ4n) is 1.94. The Balaban J connectivity index is 1.95. The molecule has 4 nitrogen and oxygen atoms in total. The molecule has 0 saturated heterocycles. The van der Waals surface area contributed by atoms with E-state index >= 15 is 0 Å². The van der Waals surface area contributed by atoms with Crippen LogP contribution in [-0.2, 0) is 10.0 Å². The fourth-order valence-corrected chi connectivity index (χ4v) is 3.53. The van der Waals surface area contributed by atoms with Gasteiger partial charge in [0.05, 0.1) is 5.25 Å². The Bertz CT molecular complexity index is 558. The lowest BCUT2D eigenvalue weighted by atomic mass is 10.1. The molecule has 112 valence electrons. The van der Waals surface area contributed by atoms with Crippen molar-refractivity contribution in [1.82, 2.24) is 10.0 Å². The van der Waals surface area contributed by atoms with Crippen LogP contribution in [0.15, 0.2) is 28.7 Å². The zero-order valence-electron chi connectivity index (χ0n) is 11.8. The van der Waals surface area contributed by atoms with Crippen LogP contribution < -0.4 is 10.0 Å². The van der Waals surface area contributed by atoms with Crippen LogP contribution in [0.5, 0.6) is 0 Å². The number of halogens is 1. The highest BCUT2D eigenvalue weighted by molar-refractivity contribution is 9.10. The third-order valence-corrected chi connectivity index (χ3v) is 5.89. The van der Waals surface area contributed by atoms with E-state index in [1.165, 1.54) is 0 Å². The molecule has 0 spiro atoms. The van der Waals surface area contributed by atoms with Gasteiger partial charge < -0.3 is 5.32 Å². The third kappa shape index (κ3) is 4.55. The predicted octanol–water partition coefficient (Wildman–Crippen LogP) is 2.57. The summed E-state index contributed by atoms with van der Waals surface area (Å²) in [7, 11) is -3.32. The van der Waals surface area contributed by atoms with Crippen LogP contribution in [-0.4, -0.2) is 26.3 Å². The summed E-state index contributed by atoms with van der Waals surface area (Å²) < 4.78 is 28.2. The first kappa shape index (κ1) is 15.9. The van der Waals surface area contributed by atoms with E-state index in [9.17, 15) is 8.42 Å². The van der Waals surface area contributed by atoms with Gasteiger partial charge in [-0.2, -0.15) is 0 Å². The molecule has 20 heavy (non-hydrogen) atoms. The molecule has 1 fully saturated rings. The van der Waals surface area contributed by atoms with Crippen LogP contribution in [0.1, 0.15) is 38.3 Å². The molecule has 2 atom stereocenters. The van der Waals surface area contributed by atoms with Crippen LogP contribution in [0.4, 0.5) is 0 Å².